The Labute approximate surface area is 110 Å². The summed E-state index contributed by atoms with van der Waals surface area (Å²) in [4.78, 5) is 2.35. The van der Waals surface area contributed by atoms with Gasteiger partial charge in [-0.3, -0.25) is 5.32 Å². The number of hydrogen-bond acceptors (Lipinski definition) is 4. The molecular formula is C14H25N3O. The Morgan fingerprint density at radius 2 is 2.28 bits per heavy atom. The molecule has 1 N–H and O–H groups in total. The zero-order valence-corrected chi connectivity index (χ0v) is 11.4. The fraction of sp³-hybridized carbons (Fsp3) is 0.929. The number of nitriles is 1. The van der Waals surface area contributed by atoms with E-state index in [4.69, 9.17) is 10.00 Å². The SMILES string of the molecule is CN(CCC(C#N)NC1CC1)CC1CCCOC1. The van der Waals surface area contributed by atoms with Crippen molar-refractivity contribution in [2.45, 2.75) is 44.2 Å². The van der Waals surface area contributed by atoms with Crippen LogP contribution in [0.15, 0.2) is 0 Å². The standard InChI is InChI=1S/C14H25N3O/c1-17(10-12-3-2-8-18-11-12)7-6-14(9-15)16-13-4-5-13/h12-14,16H,2-8,10-11H2,1H3. The van der Waals surface area contributed by atoms with Crippen LogP contribution < -0.4 is 5.32 Å². The number of nitrogens with zero attached hydrogens (tertiary/aromatic N) is 2. The van der Waals surface area contributed by atoms with Crippen LogP contribution in [-0.4, -0.2) is 50.3 Å². The summed E-state index contributed by atoms with van der Waals surface area (Å²) in [6.45, 7) is 3.93. The predicted octanol–water partition coefficient (Wildman–Crippen LogP) is 1.38. The second kappa shape index (κ2) is 7.08. The van der Waals surface area contributed by atoms with Crippen LogP contribution in [0.5, 0.6) is 0 Å². The summed E-state index contributed by atoms with van der Waals surface area (Å²) in [5.74, 6) is 0.681. The average molecular weight is 251 g/mol. The molecule has 0 aromatic carbocycles. The summed E-state index contributed by atoms with van der Waals surface area (Å²) in [7, 11) is 2.15. The van der Waals surface area contributed by atoms with E-state index in [1.54, 1.807) is 0 Å². The van der Waals surface area contributed by atoms with E-state index >= 15 is 0 Å². The van der Waals surface area contributed by atoms with Crippen LogP contribution >= 0.6 is 0 Å². The number of ether oxygens (including phenoxy) is 1. The van der Waals surface area contributed by atoms with E-state index in [0.717, 1.165) is 32.7 Å². The van der Waals surface area contributed by atoms with E-state index in [1.807, 2.05) is 0 Å². The quantitative estimate of drug-likeness (QED) is 0.742. The van der Waals surface area contributed by atoms with Gasteiger partial charge >= 0.3 is 0 Å². The van der Waals surface area contributed by atoms with Crippen molar-refractivity contribution < 1.29 is 4.74 Å². The minimum Gasteiger partial charge on any atom is -0.381 e. The molecule has 2 rings (SSSR count). The number of hydrogen-bond donors (Lipinski definition) is 1. The molecule has 18 heavy (non-hydrogen) atoms. The third-order valence-corrected chi connectivity index (χ3v) is 3.79. The molecule has 0 amide bonds. The first-order chi connectivity index (χ1) is 8.78. The van der Waals surface area contributed by atoms with Crippen molar-refractivity contribution in [3.8, 4) is 6.07 Å². The van der Waals surface area contributed by atoms with Gasteiger partial charge in [0, 0.05) is 25.7 Å². The summed E-state index contributed by atoms with van der Waals surface area (Å²) in [5.41, 5.74) is 0. The number of rotatable bonds is 7. The van der Waals surface area contributed by atoms with E-state index in [-0.39, 0.29) is 6.04 Å². The van der Waals surface area contributed by atoms with E-state index in [9.17, 15) is 0 Å². The smallest absolute Gasteiger partial charge is 0.0967 e. The molecular weight excluding hydrogens is 226 g/mol. The molecule has 0 radical (unpaired) electrons. The van der Waals surface area contributed by atoms with Gasteiger partial charge in [0.2, 0.25) is 0 Å². The monoisotopic (exact) mass is 251 g/mol. The first kappa shape index (κ1) is 13.8. The Morgan fingerprint density at radius 3 is 2.89 bits per heavy atom. The summed E-state index contributed by atoms with van der Waals surface area (Å²) in [5, 5.41) is 12.5. The first-order valence-corrected chi connectivity index (χ1v) is 7.20. The highest BCUT2D eigenvalue weighted by molar-refractivity contribution is 4.95. The molecule has 1 aliphatic carbocycles. The van der Waals surface area contributed by atoms with Crippen molar-refractivity contribution in [2.75, 3.05) is 33.4 Å². The highest BCUT2D eigenvalue weighted by Crippen LogP contribution is 2.20. The molecule has 0 spiro atoms. The van der Waals surface area contributed by atoms with Gasteiger partial charge in [-0.05, 0) is 45.1 Å². The van der Waals surface area contributed by atoms with Gasteiger partial charge in [0.25, 0.3) is 0 Å². The zero-order chi connectivity index (χ0) is 12.8. The zero-order valence-electron chi connectivity index (χ0n) is 11.4. The predicted molar refractivity (Wildman–Crippen MR) is 71.2 cm³/mol. The molecule has 2 fully saturated rings. The van der Waals surface area contributed by atoms with E-state index in [2.05, 4.69) is 23.3 Å². The lowest BCUT2D eigenvalue weighted by atomic mass is 10.0. The van der Waals surface area contributed by atoms with Crippen molar-refractivity contribution in [2.24, 2.45) is 5.92 Å². The molecule has 0 aromatic rings. The second-order valence-electron chi connectivity index (χ2n) is 5.76. The van der Waals surface area contributed by atoms with Crippen LogP contribution in [0.2, 0.25) is 0 Å². The first-order valence-electron chi connectivity index (χ1n) is 7.20. The Bertz CT molecular complexity index is 279. The lowest BCUT2D eigenvalue weighted by molar-refractivity contribution is 0.0418. The summed E-state index contributed by atoms with van der Waals surface area (Å²) in [6.07, 6.45) is 5.90. The minimum absolute atomic E-state index is 0.0301. The molecule has 1 saturated heterocycles. The van der Waals surface area contributed by atoms with Gasteiger partial charge in [-0.2, -0.15) is 5.26 Å². The van der Waals surface area contributed by atoms with Gasteiger partial charge < -0.3 is 9.64 Å². The van der Waals surface area contributed by atoms with Crippen LogP contribution in [0, 0.1) is 17.2 Å². The molecule has 1 heterocycles. The second-order valence-corrected chi connectivity index (χ2v) is 5.76. The molecule has 1 saturated carbocycles. The largest absolute Gasteiger partial charge is 0.381 e. The summed E-state index contributed by atoms with van der Waals surface area (Å²) < 4.78 is 5.50. The highest BCUT2D eigenvalue weighted by atomic mass is 16.5. The Morgan fingerprint density at radius 1 is 1.44 bits per heavy atom. The topological polar surface area (TPSA) is 48.3 Å². The Balaban J connectivity index is 1.60. The maximum Gasteiger partial charge on any atom is 0.0967 e. The molecule has 1 aliphatic heterocycles. The van der Waals surface area contributed by atoms with Crippen molar-refractivity contribution in [3.63, 3.8) is 0 Å². The molecule has 4 nitrogen and oxygen atoms in total. The fourth-order valence-corrected chi connectivity index (χ4v) is 2.55. The van der Waals surface area contributed by atoms with Gasteiger partial charge in [0.1, 0.15) is 0 Å². The Kier molecular flexibility index (Phi) is 5.43. The van der Waals surface area contributed by atoms with Gasteiger partial charge in [-0.15, -0.1) is 0 Å². The van der Waals surface area contributed by atoms with Gasteiger partial charge in [0.05, 0.1) is 18.7 Å². The van der Waals surface area contributed by atoms with Crippen molar-refractivity contribution in [1.29, 1.82) is 5.26 Å². The molecule has 0 bridgehead atoms. The van der Waals surface area contributed by atoms with Crippen molar-refractivity contribution in [3.05, 3.63) is 0 Å². The van der Waals surface area contributed by atoms with Crippen molar-refractivity contribution >= 4 is 0 Å². The van der Waals surface area contributed by atoms with Crippen LogP contribution in [0.25, 0.3) is 0 Å². The molecule has 102 valence electrons. The lowest BCUT2D eigenvalue weighted by Gasteiger charge is -2.27. The van der Waals surface area contributed by atoms with Crippen LogP contribution in [0.3, 0.4) is 0 Å². The molecule has 2 atom stereocenters. The minimum atomic E-state index is 0.0301. The molecule has 2 unspecified atom stereocenters. The van der Waals surface area contributed by atoms with Crippen LogP contribution in [0.1, 0.15) is 32.1 Å². The van der Waals surface area contributed by atoms with Gasteiger partial charge in [0.15, 0.2) is 0 Å². The van der Waals surface area contributed by atoms with Gasteiger partial charge in [-0.25, -0.2) is 0 Å². The normalized spacial score (nSPS) is 25.9. The van der Waals surface area contributed by atoms with Gasteiger partial charge in [-0.1, -0.05) is 0 Å². The number of nitrogens with one attached hydrogen (secondary N) is 1. The highest BCUT2D eigenvalue weighted by Gasteiger charge is 2.24. The maximum atomic E-state index is 9.09. The van der Waals surface area contributed by atoms with Crippen molar-refractivity contribution in [1.82, 2.24) is 10.2 Å². The van der Waals surface area contributed by atoms with E-state index < -0.39 is 0 Å². The fourth-order valence-electron chi connectivity index (χ4n) is 2.55. The summed E-state index contributed by atoms with van der Waals surface area (Å²) in [6, 6.07) is 3.02. The molecule has 4 heteroatoms. The molecule has 0 aromatic heterocycles. The van der Waals surface area contributed by atoms with E-state index in [1.165, 1.54) is 25.7 Å². The van der Waals surface area contributed by atoms with E-state index in [0.29, 0.717) is 12.0 Å². The van der Waals surface area contributed by atoms with Crippen LogP contribution in [-0.2, 0) is 4.74 Å². The Hall–Kier alpha value is -0.630. The summed E-state index contributed by atoms with van der Waals surface area (Å²) >= 11 is 0. The average Bonchev–Trinajstić information content (AvgIpc) is 3.19. The third-order valence-electron chi connectivity index (χ3n) is 3.79. The maximum absolute atomic E-state index is 9.09. The lowest BCUT2D eigenvalue weighted by Crippen LogP contribution is -2.36. The molecule has 2 aliphatic rings. The van der Waals surface area contributed by atoms with Crippen LogP contribution in [0.4, 0.5) is 0 Å². The third kappa shape index (κ3) is 4.93.